The summed E-state index contributed by atoms with van der Waals surface area (Å²) in [5, 5.41) is 5.66. The second-order valence-corrected chi connectivity index (χ2v) is 8.75. The predicted octanol–water partition coefficient (Wildman–Crippen LogP) is -0.433. The Balaban J connectivity index is 1.30. The Bertz CT molecular complexity index is 934. The van der Waals surface area contributed by atoms with Crippen molar-refractivity contribution in [1.29, 1.82) is 0 Å². The zero-order valence-electron chi connectivity index (χ0n) is 17.4. The number of nitrogens with zero attached hydrogens (tertiary/aromatic N) is 3. The third-order valence-electron chi connectivity index (χ3n) is 6.91. The number of carbonyl (C=O) groups is 4. The van der Waals surface area contributed by atoms with Crippen LogP contribution < -0.4 is 10.6 Å². The topological polar surface area (TPSA) is 102 Å². The minimum absolute atomic E-state index is 0.122. The maximum atomic E-state index is 13.2. The summed E-state index contributed by atoms with van der Waals surface area (Å²) >= 11 is 0. The van der Waals surface area contributed by atoms with Gasteiger partial charge in [0.2, 0.25) is 11.8 Å². The van der Waals surface area contributed by atoms with E-state index in [9.17, 15) is 19.2 Å². The van der Waals surface area contributed by atoms with Gasteiger partial charge in [-0.1, -0.05) is 12.1 Å². The summed E-state index contributed by atoms with van der Waals surface area (Å²) < 4.78 is 0. The molecule has 4 heterocycles. The normalized spacial score (nSPS) is 27.7. The number of hydrogen-bond acceptors (Lipinski definition) is 7. The molecular weight excluding hydrogens is 398 g/mol. The lowest BCUT2D eigenvalue weighted by atomic mass is 10.0. The molecule has 5 rings (SSSR count). The van der Waals surface area contributed by atoms with E-state index in [1.165, 1.54) is 6.42 Å². The molecule has 0 bridgehead atoms. The lowest BCUT2D eigenvalue weighted by Crippen LogP contribution is -2.54. The highest BCUT2D eigenvalue weighted by molar-refractivity contribution is 6.24. The van der Waals surface area contributed by atoms with Gasteiger partial charge in [-0.2, -0.15) is 0 Å². The van der Waals surface area contributed by atoms with Crippen LogP contribution in [-0.4, -0.2) is 89.7 Å². The van der Waals surface area contributed by atoms with Crippen LogP contribution in [0, 0.1) is 0 Å². The summed E-state index contributed by atoms with van der Waals surface area (Å²) in [6.07, 6.45) is 1.49. The van der Waals surface area contributed by atoms with Crippen molar-refractivity contribution >= 4 is 23.6 Å². The number of imide groups is 2. The van der Waals surface area contributed by atoms with Gasteiger partial charge >= 0.3 is 0 Å². The molecule has 0 radical (unpaired) electrons. The standard InChI is InChI=1S/C22H27N5O4/c28-18-5-4-17(20(29)24-18)27-21(30)16-3-1-2-14(19(16)22(27)31)13-25-8-10-26(11-9-25)15-6-7-23-12-15/h1-3,15,17,23H,4-13H2,(H,24,28,29). The SMILES string of the molecule is O=C1CCC(N2C(=O)c3cccc(CN4CCN(C5CCNC5)CC4)c3C2=O)C(=O)N1. The molecule has 4 amide bonds. The number of hydrogen-bond donors (Lipinski definition) is 2. The highest BCUT2D eigenvalue weighted by atomic mass is 16.2. The summed E-state index contributed by atoms with van der Waals surface area (Å²) in [6, 6.07) is 5.03. The molecule has 164 valence electrons. The molecule has 2 unspecified atom stereocenters. The van der Waals surface area contributed by atoms with E-state index < -0.39 is 23.8 Å². The Hall–Kier alpha value is -2.62. The van der Waals surface area contributed by atoms with Crippen molar-refractivity contribution in [2.45, 2.75) is 37.9 Å². The molecule has 9 heteroatoms. The van der Waals surface area contributed by atoms with Crippen LogP contribution in [0.25, 0.3) is 0 Å². The van der Waals surface area contributed by atoms with Crippen LogP contribution in [0.5, 0.6) is 0 Å². The van der Waals surface area contributed by atoms with Crippen LogP contribution in [0.1, 0.15) is 45.5 Å². The van der Waals surface area contributed by atoms with E-state index in [0.717, 1.165) is 49.7 Å². The molecule has 1 aromatic rings. The van der Waals surface area contributed by atoms with Crippen molar-refractivity contribution in [2.24, 2.45) is 0 Å². The first kappa shape index (κ1) is 20.3. The van der Waals surface area contributed by atoms with Gasteiger partial charge in [-0.05, 0) is 31.0 Å². The zero-order chi connectivity index (χ0) is 21.5. The summed E-state index contributed by atoms with van der Waals surface area (Å²) in [7, 11) is 0. The third kappa shape index (κ3) is 3.66. The van der Waals surface area contributed by atoms with E-state index in [-0.39, 0.29) is 18.7 Å². The van der Waals surface area contributed by atoms with Crippen LogP contribution in [0.4, 0.5) is 0 Å². The van der Waals surface area contributed by atoms with Crippen LogP contribution in [0.2, 0.25) is 0 Å². The highest BCUT2D eigenvalue weighted by Crippen LogP contribution is 2.30. The molecule has 3 saturated heterocycles. The molecule has 2 N–H and O–H groups in total. The predicted molar refractivity (Wildman–Crippen MR) is 111 cm³/mol. The van der Waals surface area contributed by atoms with Gasteiger partial charge in [-0.15, -0.1) is 0 Å². The largest absolute Gasteiger partial charge is 0.315 e. The Morgan fingerprint density at radius 2 is 1.77 bits per heavy atom. The Kier molecular flexibility index (Phi) is 5.33. The first-order chi connectivity index (χ1) is 15.0. The highest BCUT2D eigenvalue weighted by Gasteiger charge is 2.45. The Morgan fingerprint density at radius 3 is 2.48 bits per heavy atom. The summed E-state index contributed by atoms with van der Waals surface area (Å²) in [6.45, 7) is 6.56. The fourth-order valence-corrected chi connectivity index (χ4v) is 5.20. The van der Waals surface area contributed by atoms with E-state index in [4.69, 9.17) is 0 Å². The van der Waals surface area contributed by atoms with Crippen molar-refractivity contribution in [1.82, 2.24) is 25.3 Å². The van der Waals surface area contributed by atoms with Gasteiger partial charge in [0, 0.05) is 51.7 Å². The number of nitrogens with one attached hydrogen (secondary N) is 2. The molecule has 2 atom stereocenters. The van der Waals surface area contributed by atoms with Gasteiger partial charge in [0.25, 0.3) is 11.8 Å². The summed E-state index contributed by atoms with van der Waals surface area (Å²) in [4.78, 5) is 55.9. The lowest BCUT2D eigenvalue weighted by molar-refractivity contribution is -0.136. The van der Waals surface area contributed by atoms with Crippen LogP contribution in [-0.2, 0) is 16.1 Å². The molecule has 0 aliphatic carbocycles. The fraction of sp³-hybridized carbons (Fsp3) is 0.545. The summed E-state index contributed by atoms with van der Waals surface area (Å²) in [5.74, 6) is -1.83. The summed E-state index contributed by atoms with van der Waals surface area (Å²) in [5.41, 5.74) is 1.57. The van der Waals surface area contributed by atoms with E-state index in [0.29, 0.717) is 23.7 Å². The maximum Gasteiger partial charge on any atom is 0.262 e. The Labute approximate surface area is 180 Å². The van der Waals surface area contributed by atoms with Crippen molar-refractivity contribution in [3.8, 4) is 0 Å². The van der Waals surface area contributed by atoms with Crippen LogP contribution in [0.15, 0.2) is 18.2 Å². The van der Waals surface area contributed by atoms with Gasteiger partial charge in [0.05, 0.1) is 11.1 Å². The van der Waals surface area contributed by atoms with Gasteiger partial charge in [-0.3, -0.25) is 39.2 Å². The molecular formula is C22H27N5O4. The van der Waals surface area contributed by atoms with Gasteiger partial charge in [-0.25, -0.2) is 0 Å². The first-order valence-electron chi connectivity index (χ1n) is 11.0. The number of benzene rings is 1. The van der Waals surface area contributed by atoms with Gasteiger partial charge in [0.15, 0.2) is 0 Å². The Morgan fingerprint density at radius 1 is 0.968 bits per heavy atom. The van der Waals surface area contributed by atoms with Crippen molar-refractivity contribution in [2.75, 3.05) is 39.3 Å². The van der Waals surface area contributed by atoms with Crippen molar-refractivity contribution in [3.05, 3.63) is 34.9 Å². The smallest absolute Gasteiger partial charge is 0.262 e. The van der Waals surface area contributed by atoms with Crippen LogP contribution >= 0.6 is 0 Å². The minimum atomic E-state index is -0.929. The van der Waals surface area contributed by atoms with Crippen molar-refractivity contribution in [3.63, 3.8) is 0 Å². The third-order valence-corrected chi connectivity index (χ3v) is 6.91. The fourth-order valence-electron chi connectivity index (χ4n) is 5.20. The van der Waals surface area contributed by atoms with Gasteiger partial charge in [0.1, 0.15) is 6.04 Å². The second-order valence-electron chi connectivity index (χ2n) is 8.75. The number of piperazine rings is 1. The molecule has 1 aromatic carbocycles. The van der Waals surface area contributed by atoms with E-state index in [2.05, 4.69) is 20.4 Å². The number of carbonyl (C=O) groups excluding carboxylic acids is 4. The number of fused-ring (bicyclic) bond motifs is 1. The van der Waals surface area contributed by atoms with E-state index >= 15 is 0 Å². The van der Waals surface area contributed by atoms with E-state index in [1.807, 2.05) is 6.07 Å². The number of rotatable bonds is 4. The number of amides is 4. The quantitative estimate of drug-likeness (QED) is 0.631. The van der Waals surface area contributed by atoms with E-state index in [1.54, 1.807) is 12.1 Å². The molecule has 9 nitrogen and oxygen atoms in total. The maximum absolute atomic E-state index is 13.2. The molecule has 3 fully saturated rings. The average Bonchev–Trinajstić information content (AvgIpc) is 3.38. The molecule has 0 aromatic heterocycles. The molecule has 31 heavy (non-hydrogen) atoms. The second kappa shape index (κ2) is 8.14. The lowest BCUT2D eigenvalue weighted by Gasteiger charge is -2.38. The molecule has 4 aliphatic rings. The van der Waals surface area contributed by atoms with Gasteiger partial charge < -0.3 is 5.32 Å². The zero-order valence-corrected chi connectivity index (χ0v) is 17.4. The molecule has 0 saturated carbocycles. The average molecular weight is 425 g/mol. The van der Waals surface area contributed by atoms with Crippen molar-refractivity contribution < 1.29 is 19.2 Å². The minimum Gasteiger partial charge on any atom is -0.315 e. The van der Waals surface area contributed by atoms with Crippen LogP contribution in [0.3, 0.4) is 0 Å². The molecule has 4 aliphatic heterocycles. The monoisotopic (exact) mass is 425 g/mol. The molecule has 0 spiro atoms. The number of piperidine rings is 1. The first-order valence-corrected chi connectivity index (χ1v) is 11.0.